The molecule has 0 bridgehead atoms. The summed E-state index contributed by atoms with van der Waals surface area (Å²) in [6, 6.07) is 2.14. The highest BCUT2D eigenvalue weighted by Crippen LogP contribution is 2.31. The van der Waals surface area contributed by atoms with E-state index < -0.39 is 34.3 Å². The predicted octanol–water partition coefficient (Wildman–Crippen LogP) is 2.85. The van der Waals surface area contributed by atoms with E-state index in [0.29, 0.717) is 32.1 Å². The van der Waals surface area contributed by atoms with E-state index in [1.807, 2.05) is 0 Å². The fourth-order valence-corrected chi connectivity index (χ4v) is 3.25. The zero-order chi connectivity index (χ0) is 20.0. The molecule has 1 aromatic rings. The lowest BCUT2D eigenvalue weighted by molar-refractivity contribution is 0.0307. The number of rotatable bonds is 2. The first-order chi connectivity index (χ1) is 12.7. The van der Waals surface area contributed by atoms with Crippen molar-refractivity contribution in [1.29, 1.82) is 0 Å². The van der Waals surface area contributed by atoms with Crippen molar-refractivity contribution in [1.82, 2.24) is 0 Å². The maximum Gasteiger partial charge on any atom is 0.446 e. The summed E-state index contributed by atoms with van der Waals surface area (Å²) < 4.78 is 40.4. The average Bonchev–Trinajstić information content (AvgIpc) is 2.51. The van der Waals surface area contributed by atoms with Gasteiger partial charge in [0.05, 0.1) is 12.2 Å². The average molecular weight is 400 g/mol. The van der Waals surface area contributed by atoms with Gasteiger partial charge in [0.15, 0.2) is 0 Å². The number of carbonyl (C=O) groups excluding carboxylic acids is 1. The molecule has 9 heteroatoms. The summed E-state index contributed by atoms with van der Waals surface area (Å²) in [5.74, 6) is -1.61. The summed E-state index contributed by atoms with van der Waals surface area (Å²) in [4.78, 5) is 12.5. The topological polar surface area (TPSA) is 130 Å². The summed E-state index contributed by atoms with van der Waals surface area (Å²) in [6.07, 6.45) is 6.34. The minimum absolute atomic E-state index is 0.113. The van der Waals surface area contributed by atoms with Crippen LogP contribution in [0.25, 0.3) is 6.08 Å². The highest BCUT2D eigenvalue weighted by atomic mass is 32.3. The van der Waals surface area contributed by atoms with Crippen molar-refractivity contribution in [3.05, 3.63) is 29.3 Å². The van der Waals surface area contributed by atoms with Crippen LogP contribution in [0.1, 0.15) is 61.4 Å². The number of aliphatic hydroxyl groups excluding tert-OH is 1. The van der Waals surface area contributed by atoms with Crippen LogP contribution < -0.4 is 4.18 Å². The van der Waals surface area contributed by atoms with Gasteiger partial charge in [-0.25, -0.2) is 4.79 Å². The van der Waals surface area contributed by atoms with E-state index in [2.05, 4.69) is 4.18 Å². The fraction of sp³-hybridized carbons (Fsp3) is 0.500. The molecule has 0 saturated carbocycles. The van der Waals surface area contributed by atoms with Crippen molar-refractivity contribution in [2.45, 2.75) is 57.7 Å². The van der Waals surface area contributed by atoms with Gasteiger partial charge in [0.1, 0.15) is 17.1 Å². The van der Waals surface area contributed by atoms with Crippen LogP contribution >= 0.6 is 0 Å². The second-order valence-electron chi connectivity index (χ2n) is 6.55. The molecule has 3 N–H and O–H groups in total. The van der Waals surface area contributed by atoms with Crippen molar-refractivity contribution < 1.29 is 36.9 Å². The predicted molar refractivity (Wildman–Crippen MR) is 97.9 cm³/mol. The third-order valence-corrected chi connectivity index (χ3v) is 4.59. The van der Waals surface area contributed by atoms with Crippen LogP contribution in [-0.2, 0) is 15.1 Å². The van der Waals surface area contributed by atoms with Crippen molar-refractivity contribution in [3.8, 4) is 11.5 Å². The molecule has 1 aliphatic heterocycles. The van der Waals surface area contributed by atoms with E-state index in [9.17, 15) is 23.4 Å². The number of allylic oxidation sites excluding steroid dienone is 1. The van der Waals surface area contributed by atoms with Gasteiger partial charge in [-0.3, -0.25) is 4.55 Å². The number of fused-ring (bicyclic) bond motifs is 1. The van der Waals surface area contributed by atoms with Crippen LogP contribution in [0.2, 0.25) is 0 Å². The molecule has 0 fully saturated rings. The summed E-state index contributed by atoms with van der Waals surface area (Å²) in [7, 11) is -4.78. The second-order valence-corrected chi connectivity index (χ2v) is 7.57. The van der Waals surface area contributed by atoms with Gasteiger partial charge in [-0.2, -0.15) is 8.42 Å². The van der Waals surface area contributed by atoms with Crippen molar-refractivity contribution in [3.63, 3.8) is 0 Å². The lowest BCUT2D eigenvalue weighted by Crippen LogP contribution is -2.17. The first-order valence-corrected chi connectivity index (χ1v) is 10.1. The molecular formula is C18H24O8S. The van der Waals surface area contributed by atoms with E-state index in [1.54, 1.807) is 13.0 Å². The van der Waals surface area contributed by atoms with Crippen LogP contribution in [-0.4, -0.2) is 41.4 Å². The Labute approximate surface area is 158 Å². The van der Waals surface area contributed by atoms with Crippen LogP contribution in [0.3, 0.4) is 0 Å². The Kier molecular flexibility index (Phi) is 7.23. The zero-order valence-electron chi connectivity index (χ0n) is 15.0. The normalized spacial score (nSPS) is 22.4. The van der Waals surface area contributed by atoms with Gasteiger partial charge in [0.25, 0.3) is 0 Å². The highest BCUT2D eigenvalue weighted by Gasteiger charge is 2.22. The smallest absolute Gasteiger partial charge is 0.446 e. The molecule has 0 saturated heterocycles. The van der Waals surface area contributed by atoms with Gasteiger partial charge in [0, 0.05) is 6.07 Å². The number of aromatic hydroxyl groups is 1. The summed E-state index contributed by atoms with van der Waals surface area (Å²) in [5.41, 5.74) is 0.0846. The standard InChI is InChI=1S/C18H24O8S/c1-12-6-5-9-14(19)8-4-2-3-7-13-10-15(26-27(22,23)24)11-16(20)17(13)18(21)25-12/h3,7,10-12,14,19-20H,2,4-6,8-9H2,1H3,(H,22,23,24)/t12-,14-/m1/s1. The Hall–Kier alpha value is -2.10. The number of hydrogen-bond acceptors (Lipinski definition) is 7. The van der Waals surface area contributed by atoms with Crippen molar-refractivity contribution in [2.24, 2.45) is 0 Å². The Morgan fingerprint density at radius 3 is 2.59 bits per heavy atom. The maximum absolute atomic E-state index is 12.5. The van der Waals surface area contributed by atoms with Gasteiger partial charge in [-0.15, -0.1) is 0 Å². The zero-order valence-corrected chi connectivity index (χ0v) is 15.8. The van der Waals surface area contributed by atoms with Gasteiger partial charge in [-0.05, 0) is 57.1 Å². The monoisotopic (exact) mass is 400 g/mol. The van der Waals surface area contributed by atoms with Crippen LogP contribution in [0.15, 0.2) is 18.2 Å². The molecule has 0 amide bonds. The first kappa shape index (κ1) is 21.2. The molecule has 1 heterocycles. The molecule has 27 heavy (non-hydrogen) atoms. The van der Waals surface area contributed by atoms with E-state index in [0.717, 1.165) is 12.5 Å². The number of esters is 1. The Morgan fingerprint density at radius 2 is 1.89 bits per heavy atom. The fourth-order valence-electron chi connectivity index (χ4n) is 2.91. The lowest BCUT2D eigenvalue weighted by atomic mass is 10.0. The third kappa shape index (κ3) is 6.85. The Balaban J connectivity index is 2.39. The highest BCUT2D eigenvalue weighted by molar-refractivity contribution is 7.81. The quantitative estimate of drug-likeness (QED) is 0.510. The van der Waals surface area contributed by atoms with E-state index in [1.165, 1.54) is 12.1 Å². The molecule has 8 nitrogen and oxygen atoms in total. The van der Waals surface area contributed by atoms with Crippen molar-refractivity contribution >= 4 is 22.4 Å². The second kappa shape index (κ2) is 9.20. The molecule has 150 valence electrons. The molecule has 0 aromatic heterocycles. The van der Waals surface area contributed by atoms with E-state index in [-0.39, 0.29) is 16.9 Å². The molecule has 0 aliphatic carbocycles. The van der Waals surface area contributed by atoms with Gasteiger partial charge < -0.3 is 19.1 Å². The van der Waals surface area contributed by atoms with Crippen LogP contribution in [0.4, 0.5) is 0 Å². The molecule has 0 spiro atoms. The number of aliphatic hydroxyl groups is 1. The van der Waals surface area contributed by atoms with E-state index >= 15 is 0 Å². The molecule has 2 rings (SSSR count). The largest absolute Gasteiger partial charge is 0.507 e. The number of phenols is 1. The molecule has 0 unspecified atom stereocenters. The van der Waals surface area contributed by atoms with Gasteiger partial charge >= 0.3 is 16.4 Å². The molecule has 2 atom stereocenters. The molecule has 0 radical (unpaired) electrons. The van der Waals surface area contributed by atoms with Gasteiger partial charge in [0.2, 0.25) is 0 Å². The minimum atomic E-state index is -4.78. The summed E-state index contributed by atoms with van der Waals surface area (Å²) in [5, 5.41) is 20.1. The number of benzene rings is 1. The first-order valence-electron chi connectivity index (χ1n) is 8.75. The van der Waals surface area contributed by atoms with Gasteiger partial charge in [-0.1, -0.05) is 12.2 Å². The van der Waals surface area contributed by atoms with Crippen LogP contribution in [0.5, 0.6) is 11.5 Å². The Morgan fingerprint density at radius 1 is 1.19 bits per heavy atom. The lowest BCUT2D eigenvalue weighted by Gasteiger charge is -2.17. The number of ether oxygens (including phenoxy) is 1. The number of phenolic OH excluding ortho intramolecular Hbond substituents is 1. The molecule has 1 aliphatic rings. The number of cyclic esters (lactones) is 1. The molecular weight excluding hydrogens is 376 g/mol. The SMILES string of the molecule is C[C@@H]1CCC[C@H](O)CCCC=Cc2cc(OS(=O)(=O)O)cc(O)c2C(=O)O1. The van der Waals surface area contributed by atoms with Crippen molar-refractivity contribution in [2.75, 3.05) is 0 Å². The number of hydrogen-bond donors (Lipinski definition) is 3. The Bertz CT molecular complexity index is 800. The maximum atomic E-state index is 12.5. The summed E-state index contributed by atoms with van der Waals surface area (Å²) >= 11 is 0. The van der Waals surface area contributed by atoms with E-state index in [4.69, 9.17) is 9.29 Å². The third-order valence-electron chi connectivity index (χ3n) is 4.19. The molecule has 1 aromatic carbocycles. The summed E-state index contributed by atoms with van der Waals surface area (Å²) in [6.45, 7) is 1.72. The minimum Gasteiger partial charge on any atom is -0.507 e. The van der Waals surface area contributed by atoms with Crippen LogP contribution in [0, 0.1) is 0 Å². The number of carbonyl (C=O) groups is 1.